The third-order valence-corrected chi connectivity index (χ3v) is 4.14. The van der Waals surface area contributed by atoms with Gasteiger partial charge in [0.2, 0.25) is 17.7 Å². The van der Waals surface area contributed by atoms with E-state index >= 15 is 0 Å². The van der Waals surface area contributed by atoms with Crippen LogP contribution in [0.25, 0.3) is 0 Å². The molecule has 1 atom stereocenters. The molecule has 0 aromatic heterocycles. The van der Waals surface area contributed by atoms with Crippen LogP contribution in [0.5, 0.6) is 0 Å². The van der Waals surface area contributed by atoms with Crippen LogP contribution in [-0.4, -0.2) is 64.9 Å². The molecule has 2 saturated heterocycles. The minimum absolute atomic E-state index is 0.158. The van der Waals surface area contributed by atoms with E-state index in [0.29, 0.717) is 32.4 Å². The van der Waals surface area contributed by atoms with Gasteiger partial charge in [-0.15, -0.1) is 0 Å². The molecule has 4 amide bonds. The number of hydrogen-bond acceptors (Lipinski definition) is 4. The van der Waals surface area contributed by atoms with Gasteiger partial charge < -0.3 is 14.9 Å². The van der Waals surface area contributed by atoms with Crippen LogP contribution in [0.1, 0.15) is 25.7 Å². The van der Waals surface area contributed by atoms with Crippen molar-refractivity contribution in [2.24, 2.45) is 5.92 Å². The lowest BCUT2D eigenvalue weighted by molar-refractivity contribution is -0.147. The Hall–Kier alpha value is -2.12. The first-order valence-corrected chi connectivity index (χ1v) is 6.98. The first-order valence-electron chi connectivity index (χ1n) is 6.98. The van der Waals surface area contributed by atoms with Crippen molar-refractivity contribution < 1.29 is 24.3 Å². The van der Waals surface area contributed by atoms with Gasteiger partial charge in [0.25, 0.3) is 0 Å². The molecule has 8 nitrogen and oxygen atoms in total. The maximum Gasteiger partial charge on any atom is 0.407 e. The van der Waals surface area contributed by atoms with Gasteiger partial charge in [-0.3, -0.25) is 19.7 Å². The number of likely N-dealkylation sites (N-methyl/N-ethyl adjacent to an activating group) is 1. The Bertz CT molecular complexity index is 470. The number of carbonyl (C=O) groups is 4. The summed E-state index contributed by atoms with van der Waals surface area (Å²) in [7, 11) is 1.56. The molecule has 2 rings (SSSR count). The molecule has 2 N–H and O–H groups in total. The van der Waals surface area contributed by atoms with E-state index in [0.717, 1.165) is 0 Å². The van der Waals surface area contributed by atoms with E-state index < -0.39 is 18.0 Å². The molecule has 0 aromatic carbocycles. The van der Waals surface area contributed by atoms with Gasteiger partial charge in [0, 0.05) is 32.5 Å². The molecule has 2 aliphatic rings. The second-order valence-electron chi connectivity index (χ2n) is 5.46. The van der Waals surface area contributed by atoms with Gasteiger partial charge in [0.15, 0.2) is 0 Å². The Labute approximate surface area is 122 Å². The number of nitrogens with one attached hydrogen (secondary N) is 1. The van der Waals surface area contributed by atoms with E-state index in [1.165, 1.54) is 9.80 Å². The van der Waals surface area contributed by atoms with E-state index in [1.54, 1.807) is 7.05 Å². The van der Waals surface area contributed by atoms with Crippen LogP contribution in [-0.2, 0) is 14.4 Å². The molecule has 8 heteroatoms. The Morgan fingerprint density at radius 2 is 1.86 bits per heavy atom. The number of likely N-dealkylation sites (tertiary alicyclic amines) is 1. The van der Waals surface area contributed by atoms with Gasteiger partial charge in [-0.2, -0.15) is 0 Å². The minimum Gasteiger partial charge on any atom is -0.465 e. The smallest absolute Gasteiger partial charge is 0.407 e. The number of hydrogen-bond donors (Lipinski definition) is 2. The summed E-state index contributed by atoms with van der Waals surface area (Å²) in [4.78, 5) is 48.8. The first kappa shape index (κ1) is 15.3. The Morgan fingerprint density at radius 1 is 1.24 bits per heavy atom. The summed E-state index contributed by atoms with van der Waals surface area (Å²) in [5.74, 6) is -1.18. The molecule has 2 fully saturated rings. The largest absolute Gasteiger partial charge is 0.465 e. The molecule has 1 unspecified atom stereocenters. The summed E-state index contributed by atoms with van der Waals surface area (Å²) < 4.78 is 0. The van der Waals surface area contributed by atoms with Crippen molar-refractivity contribution >= 4 is 23.8 Å². The lowest BCUT2D eigenvalue weighted by Gasteiger charge is -2.35. The molecule has 0 saturated carbocycles. The highest BCUT2D eigenvalue weighted by Gasteiger charge is 2.36. The maximum atomic E-state index is 12.4. The van der Waals surface area contributed by atoms with Crippen molar-refractivity contribution in [1.29, 1.82) is 0 Å². The van der Waals surface area contributed by atoms with Crippen molar-refractivity contribution in [3.8, 4) is 0 Å². The van der Waals surface area contributed by atoms with Gasteiger partial charge in [-0.1, -0.05) is 0 Å². The fourth-order valence-corrected chi connectivity index (χ4v) is 2.81. The normalized spacial score (nSPS) is 23.7. The summed E-state index contributed by atoms with van der Waals surface area (Å²) in [5, 5.41) is 11.1. The molecule has 0 bridgehead atoms. The van der Waals surface area contributed by atoms with Crippen molar-refractivity contribution in [2.75, 3.05) is 20.1 Å². The van der Waals surface area contributed by atoms with Crippen molar-refractivity contribution in [3.05, 3.63) is 0 Å². The highest BCUT2D eigenvalue weighted by atomic mass is 16.4. The second-order valence-corrected chi connectivity index (χ2v) is 5.46. The predicted octanol–water partition coefficient (Wildman–Crippen LogP) is -0.360. The first-order chi connectivity index (χ1) is 9.90. The third kappa shape index (κ3) is 3.32. The van der Waals surface area contributed by atoms with Gasteiger partial charge in [0.05, 0.1) is 0 Å². The number of piperidine rings is 2. The van der Waals surface area contributed by atoms with Crippen LogP contribution in [0.2, 0.25) is 0 Å². The molecule has 0 spiro atoms. The number of nitrogens with zero attached hydrogens (tertiary/aromatic N) is 2. The number of amides is 4. The number of carbonyl (C=O) groups excluding carboxylic acids is 3. The lowest BCUT2D eigenvalue weighted by Crippen LogP contribution is -2.54. The average Bonchev–Trinajstić information content (AvgIpc) is 2.46. The fourth-order valence-electron chi connectivity index (χ4n) is 2.81. The number of carboxylic acid groups (broad SMARTS) is 1. The predicted molar refractivity (Wildman–Crippen MR) is 71.3 cm³/mol. The Balaban J connectivity index is 1.92. The lowest BCUT2D eigenvalue weighted by atomic mass is 9.94. The molecular weight excluding hydrogens is 278 g/mol. The molecule has 2 heterocycles. The van der Waals surface area contributed by atoms with Crippen LogP contribution in [0.4, 0.5) is 4.79 Å². The zero-order valence-corrected chi connectivity index (χ0v) is 11.9. The zero-order chi connectivity index (χ0) is 15.6. The Morgan fingerprint density at radius 3 is 2.38 bits per heavy atom. The molecule has 116 valence electrons. The van der Waals surface area contributed by atoms with E-state index in [4.69, 9.17) is 5.11 Å². The van der Waals surface area contributed by atoms with E-state index in [1.807, 2.05) is 0 Å². The monoisotopic (exact) mass is 297 g/mol. The zero-order valence-electron chi connectivity index (χ0n) is 11.9. The van der Waals surface area contributed by atoms with Gasteiger partial charge in [0.1, 0.15) is 6.04 Å². The Kier molecular flexibility index (Phi) is 4.44. The second kappa shape index (κ2) is 6.11. The SMILES string of the molecule is CN(C(=O)C1CCN(C(=O)O)CC1)C1CCC(=O)NC1=O. The highest BCUT2D eigenvalue weighted by molar-refractivity contribution is 6.01. The summed E-state index contributed by atoms with van der Waals surface area (Å²) >= 11 is 0. The van der Waals surface area contributed by atoms with Gasteiger partial charge in [-0.05, 0) is 19.3 Å². The number of imide groups is 1. The van der Waals surface area contributed by atoms with Crippen LogP contribution in [0.3, 0.4) is 0 Å². The fraction of sp³-hybridized carbons (Fsp3) is 0.692. The van der Waals surface area contributed by atoms with Crippen molar-refractivity contribution in [2.45, 2.75) is 31.7 Å². The molecule has 0 radical (unpaired) electrons. The maximum absolute atomic E-state index is 12.4. The number of rotatable bonds is 2. The standard InChI is InChI=1S/C13H19N3O5/c1-15(9-2-3-10(17)14-11(9)18)12(19)8-4-6-16(7-5-8)13(20)21/h8-9H,2-7H2,1H3,(H,20,21)(H,14,17,18). The van der Waals surface area contributed by atoms with Crippen molar-refractivity contribution in [3.63, 3.8) is 0 Å². The summed E-state index contributed by atoms with van der Waals surface area (Å²) in [6.07, 6.45) is 0.511. The molecule has 2 aliphatic heterocycles. The van der Waals surface area contributed by atoms with Gasteiger partial charge in [-0.25, -0.2) is 4.79 Å². The summed E-state index contributed by atoms with van der Waals surface area (Å²) in [5.41, 5.74) is 0. The van der Waals surface area contributed by atoms with Crippen LogP contribution >= 0.6 is 0 Å². The average molecular weight is 297 g/mol. The van der Waals surface area contributed by atoms with E-state index in [-0.39, 0.29) is 24.2 Å². The highest BCUT2D eigenvalue weighted by Crippen LogP contribution is 2.22. The summed E-state index contributed by atoms with van der Waals surface area (Å²) in [6, 6.07) is -0.618. The van der Waals surface area contributed by atoms with Crippen molar-refractivity contribution in [1.82, 2.24) is 15.1 Å². The molecule has 0 aliphatic carbocycles. The molecule has 21 heavy (non-hydrogen) atoms. The van der Waals surface area contributed by atoms with E-state index in [2.05, 4.69) is 5.32 Å². The van der Waals surface area contributed by atoms with Crippen LogP contribution in [0, 0.1) is 5.92 Å². The minimum atomic E-state index is -0.973. The molecular formula is C13H19N3O5. The quantitative estimate of drug-likeness (QED) is 0.677. The van der Waals surface area contributed by atoms with Crippen LogP contribution < -0.4 is 5.32 Å². The van der Waals surface area contributed by atoms with Crippen LogP contribution in [0.15, 0.2) is 0 Å². The van der Waals surface area contributed by atoms with Gasteiger partial charge >= 0.3 is 6.09 Å². The van der Waals surface area contributed by atoms with E-state index in [9.17, 15) is 19.2 Å². The topological polar surface area (TPSA) is 107 Å². The summed E-state index contributed by atoms with van der Waals surface area (Å²) in [6.45, 7) is 0.657. The molecule has 0 aromatic rings. The third-order valence-electron chi connectivity index (χ3n) is 4.14.